The predicted octanol–water partition coefficient (Wildman–Crippen LogP) is 2.03. The van der Waals surface area contributed by atoms with Crippen molar-refractivity contribution in [3.05, 3.63) is 11.6 Å². The van der Waals surface area contributed by atoms with Crippen molar-refractivity contribution >= 4 is 24.2 Å². The average Bonchev–Trinajstić information content (AvgIpc) is 3.25. The third-order valence-corrected chi connectivity index (χ3v) is 6.24. The van der Waals surface area contributed by atoms with Crippen molar-refractivity contribution in [3.8, 4) is 0 Å². The highest BCUT2D eigenvalue weighted by molar-refractivity contribution is 5.96. The number of nitrogens with zero attached hydrogens (tertiary/aromatic N) is 2. The fourth-order valence-electron chi connectivity index (χ4n) is 4.41. The van der Waals surface area contributed by atoms with E-state index in [1.807, 2.05) is 13.8 Å². The highest BCUT2D eigenvalue weighted by atomic mass is 16.5. The Balaban J connectivity index is 2.07. The van der Waals surface area contributed by atoms with Gasteiger partial charge >= 0.3 is 5.97 Å². The van der Waals surface area contributed by atoms with Crippen LogP contribution in [-0.4, -0.2) is 72.3 Å². The van der Waals surface area contributed by atoms with Gasteiger partial charge in [0.05, 0.1) is 12.6 Å². The number of ether oxygens (including phenoxy) is 1. The summed E-state index contributed by atoms with van der Waals surface area (Å²) in [4.78, 5) is 51.9. The lowest BCUT2D eigenvalue weighted by atomic mass is 9.98. The van der Waals surface area contributed by atoms with E-state index in [0.29, 0.717) is 24.9 Å². The molecule has 1 aliphatic carbocycles. The van der Waals surface area contributed by atoms with E-state index in [9.17, 15) is 19.2 Å². The molecule has 0 aromatic rings. The zero-order valence-electron chi connectivity index (χ0n) is 19.3. The first-order valence-corrected chi connectivity index (χ1v) is 11.4. The van der Waals surface area contributed by atoms with Gasteiger partial charge in [0.25, 0.3) is 0 Å². The van der Waals surface area contributed by atoms with Gasteiger partial charge in [-0.3, -0.25) is 14.4 Å². The summed E-state index contributed by atoms with van der Waals surface area (Å²) in [7, 11) is 1.66. The molecule has 2 atom stereocenters. The number of carbonyl (C=O) groups excluding carboxylic acids is 4. The van der Waals surface area contributed by atoms with Gasteiger partial charge in [-0.05, 0) is 51.4 Å². The van der Waals surface area contributed by atoms with Gasteiger partial charge in [-0.25, -0.2) is 4.79 Å². The molecule has 1 saturated carbocycles. The van der Waals surface area contributed by atoms with E-state index in [-0.39, 0.29) is 42.4 Å². The molecule has 2 rings (SSSR count). The second-order valence-electron chi connectivity index (χ2n) is 8.94. The highest BCUT2D eigenvalue weighted by Gasteiger charge is 2.37. The molecule has 0 unspecified atom stereocenters. The van der Waals surface area contributed by atoms with Crippen LogP contribution >= 0.6 is 0 Å². The Morgan fingerprint density at radius 1 is 1.13 bits per heavy atom. The van der Waals surface area contributed by atoms with Crippen LogP contribution in [0.15, 0.2) is 11.6 Å². The first-order valence-electron chi connectivity index (χ1n) is 11.4. The van der Waals surface area contributed by atoms with E-state index < -0.39 is 6.04 Å². The fraction of sp³-hybridized carbons (Fsp3) is 0.739. The molecular formula is C23H37N3O5. The summed E-state index contributed by atoms with van der Waals surface area (Å²) in [6, 6.07) is -0.841. The Kier molecular flexibility index (Phi) is 9.52. The van der Waals surface area contributed by atoms with E-state index in [0.717, 1.165) is 32.1 Å². The van der Waals surface area contributed by atoms with Gasteiger partial charge in [0, 0.05) is 19.2 Å². The van der Waals surface area contributed by atoms with Crippen LogP contribution in [0.4, 0.5) is 0 Å². The van der Waals surface area contributed by atoms with Crippen LogP contribution in [0.25, 0.3) is 0 Å². The van der Waals surface area contributed by atoms with Gasteiger partial charge in [0.2, 0.25) is 18.2 Å². The van der Waals surface area contributed by atoms with Crippen molar-refractivity contribution in [1.29, 1.82) is 0 Å². The number of likely N-dealkylation sites (N-methyl/N-ethyl adjacent to an activating group) is 1. The van der Waals surface area contributed by atoms with Crippen molar-refractivity contribution in [2.24, 2.45) is 5.92 Å². The second-order valence-corrected chi connectivity index (χ2v) is 8.94. The van der Waals surface area contributed by atoms with E-state index >= 15 is 0 Å². The predicted molar refractivity (Wildman–Crippen MR) is 117 cm³/mol. The Bertz CT molecular complexity index is 685. The minimum atomic E-state index is -0.536. The molecule has 174 valence electrons. The summed E-state index contributed by atoms with van der Waals surface area (Å²) >= 11 is 0. The quantitative estimate of drug-likeness (QED) is 0.340. The molecule has 1 heterocycles. The number of likely N-dealkylation sites (tertiary alicyclic amines) is 1. The molecular weight excluding hydrogens is 398 g/mol. The first-order chi connectivity index (χ1) is 14.8. The summed E-state index contributed by atoms with van der Waals surface area (Å²) in [5.74, 6) is -0.658. The Labute approximate surface area is 185 Å². The molecule has 2 fully saturated rings. The molecule has 2 aliphatic rings. The third-order valence-electron chi connectivity index (χ3n) is 6.24. The summed E-state index contributed by atoms with van der Waals surface area (Å²) in [5, 5.41) is 2.38. The van der Waals surface area contributed by atoms with Crippen LogP contribution < -0.4 is 5.32 Å². The second kappa shape index (κ2) is 11.9. The van der Waals surface area contributed by atoms with E-state index in [2.05, 4.69) is 5.32 Å². The number of nitrogens with one attached hydrogen (secondary N) is 1. The SMILES string of the molecule is CC(=C[C@H](C(C)C)N(C)C(=O)CNC=O)C(=O)N1CCC[C@H]1C(=O)OC1CCCCC1. The molecule has 0 aromatic carbocycles. The molecule has 3 amide bonds. The number of esters is 1. The van der Waals surface area contributed by atoms with Crippen molar-refractivity contribution < 1.29 is 23.9 Å². The lowest BCUT2D eigenvalue weighted by molar-refractivity contribution is -0.158. The van der Waals surface area contributed by atoms with Crippen LogP contribution in [-0.2, 0) is 23.9 Å². The minimum Gasteiger partial charge on any atom is -0.461 e. The molecule has 0 aromatic heterocycles. The monoisotopic (exact) mass is 435 g/mol. The molecule has 1 aliphatic heterocycles. The number of hydrogen-bond donors (Lipinski definition) is 1. The van der Waals surface area contributed by atoms with Gasteiger partial charge in [0.15, 0.2) is 0 Å². The lowest BCUT2D eigenvalue weighted by Crippen LogP contribution is -2.45. The van der Waals surface area contributed by atoms with Crippen LogP contribution in [0.2, 0.25) is 0 Å². The number of carbonyl (C=O) groups is 4. The van der Waals surface area contributed by atoms with Gasteiger partial charge < -0.3 is 19.9 Å². The fourth-order valence-corrected chi connectivity index (χ4v) is 4.41. The maximum atomic E-state index is 13.2. The topological polar surface area (TPSA) is 96.0 Å². The third kappa shape index (κ3) is 6.80. The normalized spacial score (nSPS) is 21.0. The van der Waals surface area contributed by atoms with Crippen LogP contribution in [0.1, 0.15) is 65.7 Å². The Morgan fingerprint density at radius 2 is 1.81 bits per heavy atom. The molecule has 0 spiro atoms. The lowest BCUT2D eigenvalue weighted by Gasteiger charge is -2.31. The van der Waals surface area contributed by atoms with Crippen molar-refractivity contribution in [3.63, 3.8) is 0 Å². The average molecular weight is 436 g/mol. The molecule has 8 nitrogen and oxygen atoms in total. The zero-order valence-corrected chi connectivity index (χ0v) is 19.3. The van der Waals surface area contributed by atoms with Gasteiger partial charge in [-0.15, -0.1) is 0 Å². The molecule has 31 heavy (non-hydrogen) atoms. The van der Waals surface area contributed by atoms with Crippen molar-refractivity contribution in [1.82, 2.24) is 15.1 Å². The number of amides is 3. The Hall–Kier alpha value is -2.38. The van der Waals surface area contributed by atoms with Crippen LogP contribution in [0.5, 0.6) is 0 Å². The zero-order chi connectivity index (χ0) is 23.0. The number of hydrogen-bond acceptors (Lipinski definition) is 5. The maximum absolute atomic E-state index is 13.2. The molecule has 0 radical (unpaired) electrons. The van der Waals surface area contributed by atoms with E-state index in [4.69, 9.17) is 4.74 Å². The molecule has 1 saturated heterocycles. The standard InChI is InChI=1S/C23H37N3O5/c1-16(2)20(25(4)21(28)14-24-15-27)13-17(3)22(29)26-12-8-11-19(26)23(30)31-18-9-6-5-7-10-18/h13,15-16,18-20H,5-12,14H2,1-4H3,(H,24,27)/t19-,20+/m0/s1. The highest BCUT2D eigenvalue weighted by Crippen LogP contribution is 2.25. The van der Waals surface area contributed by atoms with Gasteiger partial charge in [-0.1, -0.05) is 26.3 Å². The largest absolute Gasteiger partial charge is 0.461 e. The first kappa shape index (κ1) is 24.9. The summed E-state index contributed by atoms with van der Waals surface area (Å²) in [5.41, 5.74) is 0.499. The molecule has 1 N–H and O–H groups in total. The molecule has 0 bridgehead atoms. The maximum Gasteiger partial charge on any atom is 0.329 e. The van der Waals surface area contributed by atoms with Crippen LogP contribution in [0.3, 0.4) is 0 Å². The van der Waals surface area contributed by atoms with Crippen molar-refractivity contribution in [2.75, 3.05) is 20.1 Å². The van der Waals surface area contributed by atoms with Gasteiger partial charge in [0.1, 0.15) is 12.1 Å². The van der Waals surface area contributed by atoms with Gasteiger partial charge in [-0.2, -0.15) is 0 Å². The van der Waals surface area contributed by atoms with E-state index in [1.165, 1.54) is 11.3 Å². The van der Waals surface area contributed by atoms with E-state index in [1.54, 1.807) is 24.9 Å². The Morgan fingerprint density at radius 3 is 2.42 bits per heavy atom. The summed E-state index contributed by atoms with van der Waals surface area (Å²) in [6.45, 7) is 6.09. The van der Waals surface area contributed by atoms with Crippen molar-refractivity contribution in [2.45, 2.75) is 83.9 Å². The molecule has 8 heteroatoms. The summed E-state index contributed by atoms with van der Waals surface area (Å²) < 4.78 is 5.72. The minimum absolute atomic E-state index is 0.0274. The van der Waals surface area contributed by atoms with Crippen LogP contribution in [0, 0.1) is 5.92 Å². The summed E-state index contributed by atoms with van der Waals surface area (Å²) in [6.07, 6.45) is 8.79. The smallest absolute Gasteiger partial charge is 0.329 e. The number of rotatable bonds is 9.